The molecule has 1 aromatic heterocycles. The second-order valence-corrected chi connectivity index (χ2v) is 4.35. The maximum Gasteiger partial charge on any atom is 0.326 e. The summed E-state index contributed by atoms with van der Waals surface area (Å²) < 4.78 is 0. The van der Waals surface area contributed by atoms with Gasteiger partial charge >= 0.3 is 12.0 Å². The zero-order valence-corrected chi connectivity index (χ0v) is 11.2. The highest BCUT2D eigenvalue weighted by molar-refractivity contribution is 5.82. The number of carboxylic acids is 1. The zero-order valence-electron chi connectivity index (χ0n) is 11.2. The fourth-order valence-corrected chi connectivity index (χ4v) is 1.64. The van der Waals surface area contributed by atoms with E-state index in [2.05, 4.69) is 10.3 Å². The predicted molar refractivity (Wildman–Crippen MR) is 70.6 cm³/mol. The van der Waals surface area contributed by atoms with Gasteiger partial charge in [-0.25, -0.2) is 9.59 Å². The SMILES string of the molecule is CCC[C@@H](NC(=O)N(C)Cc1cccnc1)C(=O)O. The number of aromatic nitrogens is 1. The number of carbonyl (C=O) groups excluding carboxylic acids is 1. The molecule has 1 aromatic rings. The van der Waals surface area contributed by atoms with Gasteiger partial charge in [0.25, 0.3) is 0 Å². The van der Waals surface area contributed by atoms with E-state index in [-0.39, 0.29) is 0 Å². The quantitative estimate of drug-likeness (QED) is 0.816. The molecule has 1 heterocycles. The molecule has 0 aliphatic rings. The minimum absolute atomic E-state index is 0.387. The average molecular weight is 265 g/mol. The molecule has 104 valence electrons. The summed E-state index contributed by atoms with van der Waals surface area (Å²) in [7, 11) is 1.62. The van der Waals surface area contributed by atoms with Gasteiger partial charge in [-0.15, -0.1) is 0 Å². The van der Waals surface area contributed by atoms with Crippen molar-refractivity contribution in [3.63, 3.8) is 0 Å². The lowest BCUT2D eigenvalue weighted by Crippen LogP contribution is -2.46. The Hall–Kier alpha value is -2.11. The number of hydrogen-bond acceptors (Lipinski definition) is 3. The molecule has 6 heteroatoms. The Morgan fingerprint density at radius 3 is 2.79 bits per heavy atom. The molecule has 6 nitrogen and oxygen atoms in total. The summed E-state index contributed by atoms with van der Waals surface area (Å²) in [5, 5.41) is 11.5. The maximum absolute atomic E-state index is 11.9. The molecule has 0 bridgehead atoms. The van der Waals surface area contributed by atoms with Gasteiger partial charge in [0.1, 0.15) is 6.04 Å². The highest BCUT2D eigenvalue weighted by Crippen LogP contribution is 2.03. The van der Waals surface area contributed by atoms with Gasteiger partial charge in [0.15, 0.2) is 0 Å². The first-order chi connectivity index (χ1) is 9.04. The zero-order chi connectivity index (χ0) is 14.3. The summed E-state index contributed by atoms with van der Waals surface area (Å²) in [6.45, 7) is 2.26. The highest BCUT2D eigenvalue weighted by atomic mass is 16.4. The number of nitrogens with zero attached hydrogens (tertiary/aromatic N) is 2. The van der Waals surface area contributed by atoms with Crippen LogP contribution in [0.15, 0.2) is 24.5 Å². The standard InChI is InChI=1S/C13H19N3O3/c1-3-5-11(12(17)18)15-13(19)16(2)9-10-6-4-7-14-8-10/h4,6-8,11H,3,5,9H2,1-2H3,(H,15,19)(H,17,18)/t11-/m1/s1. The van der Waals surface area contributed by atoms with Crippen LogP contribution >= 0.6 is 0 Å². The molecule has 2 N–H and O–H groups in total. The average Bonchev–Trinajstić information content (AvgIpc) is 2.39. The van der Waals surface area contributed by atoms with E-state index in [4.69, 9.17) is 5.11 Å². The normalized spacial score (nSPS) is 11.7. The van der Waals surface area contributed by atoms with Crippen molar-refractivity contribution in [1.29, 1.82) is 0 Å². The third kappa shape index (κ3) is 4.95. The maximum atomic E-state index is 11.9. The van der Waals surface area contributed by atoms with E-state index < -0.39 is 18.0 Å². The topological polar surface area (TPSA) is 82.5 Å². The molecule has 0 aliphatic heterocycles. The number of carbonyl (C=O) groups is 2. The van der Waals surface area contributed by atoms with E-state index in [0.717, 1.165) is 5.56 Å². The van der Waals surface area contributed by atoms with E-state index >= 15 is 0 Å². The first kappa shape index (κ1) is 14.9. The van der Waals surface area contributed by atoms with Gasteiger partial charge in [-0.1, -0.05) is 19.4 Å². The van der Waals surface area contributed by atoms with Crippen LogP contribution in [0.1, 0.15) is 25.3 Å². The van der Waals surface area contributed by atoms with Crippen molar-refractivity contribution in [2.24, 2.45) is 0 Å². The third-order valence-corrected chi connectivity index (χ3v) is 2.66. The summed E-state index contributed by atoms with van der Waals surface area (Å²) >= 11 is 0. The fraction of sp³-hybridized carbons (Fsp3) is 0.462. The lowest BCUT2D eigenvalue weighted by atomic mass is 10.2. The van der Waals surface area contributed by atoms with Crippen molar-refractivity contribution < 1.29 is 14.7 Å². The number of aliphatic carboxylic acids is 1. The lowest BCUT2D eigenvalue weighted by molar-refractivity contribution is -0.139. The molecule has 1 rings (SSSR count). The van der Waals surface area contributed by atoms with Gasteiger partial charge in [0.05, 0.1) is 0 Å². The second kappa shape index (κ2) is 7.35. The molecule has 0 aromatic carbocycles. The minimum Gasteiger partial charge on any atom is -0.480 e. The van der Waals surface area contributed by atoms with Crippen LogP contribution in [-0.2, 0) is 11.3 Å². The molecule has 2 amide bonds. The summed E-state index contributed by atoms with van der Waals surface area (Å²) in [5.41, 5.74) is 0.891. The molecule has 0 radical (unpaired) electrons. The Morgan fingerprint density at radius 1 is 1.53 bits per heavy atom. The number of rotatable bonds is 6. The molecule has 0 saturated heterocycles. The van der Waals surface area contributed by atoms with Crippen LogP contribution < -0.4 is 5.32 Å². The van der Waals surface area contributed by atoms with E-state index in [1.54, 1.807) is 25.5 Å². The van der Waals surface area contributed by atoms with Crippen molar-refractivity contribution in [3.05, 3.63) is 30.1 Å². The molecule has 0 unspecified atom stereocenters. The Kier molecular flexibility index (Phi) is 5.78. The molecule has 0 saturated carbocycles. The van der Waals surface area contributed by atoms with E-state index in [0.29, 0.717) is 19.4 Å². The van der Waals surface area contributed by atoms with E-state index in [9.17, 15) is 9.59 Å². The fourth-order valence-electron chi connectivity index (χ4n) is 1.64. The van der Waals surface area contributed by atoms with Crippen molar-refractivity contribution in [2.45, 2.75) is 32.4 Å². The molecule has 19 heavy (non-hydrogen) atoms. The summed E-state index contributed by atoms with van der Waals surface area (Å²) in [6, 6.07) is 2.41. The monoisotopic (exact) mass is 265 g/mol. The first-order valence-electron chi connectivity index (χ1n) is 6.18. The number of hydrogen-bond donors (Lipinski definition) is 2. The molecular weight excluding hydrogens is 246 g/mol. The first-order valence-corrected chi connectivity index (χ1v) is 6.18. The van der Waals surface area contributed by atoms with Crippen molar-refractivity contribution >= 4 is 12.0 Å². The van der Waals surface area contributed by atoms with E-state index in [1.807, 2.05) is 13.0 Å². The van der Waals surface area contributed by atoms with Gasteiger partial charge in [-0.05, 0) is 18.1 Å². The molecular formula is C13H19N3O3. The lowest BCUT2D eigenvalue weighted by Gasteiger charge is -2.21. The van der Waals surface area contributed by atoms with Gasteiger partial charge in [-0.3, -0.25) is 4.98 Å². The molecule has 1 atom stereocenters. The van der Waals surface area contributed by atoms with Crippen LogP contribution in [-0.4, -0.2) is 40.1 Å². The van der Waals surface area contributed by atoms with Crippen molar-refractivity contribution in [2.75, 3.05) is 7.05 Å². The molecule has 0 fully saturated rings. The third-order valence-electron chi connectivity index (χ3n) is 2.66. The van der Waals surface area contributed by atoms with Crippen LogP contribution in [0.5, 0.6) is 0 Å². The Morgan fingerprint density at radius 2 is 2.26 bits per heavy atom. The smallest absolute Gasteiger partial charge is 0.326 e. The Bertz CT molecular complexity index is 422. The summed E-state index contributed by atoms with van der Waals surface area (Å²) in [6.07, 6.45) is 4.45. The van der Waals surface area contributed by atoms with Crippen LogP contribution in [0, 0.1) is 0 Å². The minimum atomic E-state index is -1.01. The van der Waals surface area contributed by atoms with Crippen molar-refractivity contribution in [3.8, 4) is 0 Å². The van der Waals surface area contributed by atoms with Crippen LogP contribution in [0.25, 0.3) is 0 Å². The van der Waals surface area contributed by atoms with Crippen LogP contribution in [0.4, 0.5) is 4.79 Å². The molecule has 0 aliphatic carbocycles. The van der Waals surface area contributed by atoms with Crippen LogP contribution in [0.2, 0.25) is 0 Å². The number of pyridine rings is 1. The number of urea groups is 1. The highest BCUT2D eigenvalue weighted by Gasteiger charge is 2.20. The largest absolute Gasteiger partial charge is 0.480 e. The summed E-state index contributed by atoms with van der Waals surface area (Å²) in [4.78, 5) is 28.2. The number of nitrogens with one attached hydrogen (secondary N) is 1. The Labute approximate surface area is 112 Å². The number of amides is 2. The second-order valence-electron chi connectivity index (χ2n) is 4.35. The van der Waals surface area contributed by atoms with Crippen molar-refractivity contribution in [1.82, 2.24) is 15.2 Å². The van der Waals surface area contributed by atoms with Gasteiger partial charge in [-0.2, -0.15) is 0 Å². The van der Waals surface area contributed by atoms with Gasteiger partial charge in [0, 0.05) is 26.0 Å². The van der Waals surface area contributed by atoms with Gasteiger partial charge < -0.3 is 15.3 Å². The summed E-state index contributed by atoms with van der Waals surface area (Å²) in [5.74, 6) is -1.01. The number of carboxylic acid groups (broad SMARTS) is 1. The molecule has 0 spiro atoms. The Balaban J connectivity index is 2.54. The van der Waals surface area contributed by atoms with E-state index in [1.165, 1.54) is 4.90 Å². The van der Waals surface area contributed by atoms with Gasteiger partial charge in [0.2, 0.25) is 0 Å². The predicted octanol–water partition coefficient (Wildman–Crippen LogP) is 1.48. The van der Waals surface area contributed by atoms with Crippen LogP contribution in [0.3, 0.4) is 0 Å².